The van der Waals surface area contributed by atoms with Crippen LogP contribution in [0, 0.1) is 6.92 Å². The molecule has 0 saturated heterocycles. The molecule has 0 bridgehead atoms. The van der Waals surface area contributed by atoms with Gasteiger partial charge >= 0.3 is 0 Å². The van der Waals surface area contributed by atoms with E-state index >= 15 is 0 Å². The lowest BCUT2D eigenvalue weighted by atomic mass is 10.0. The molecule has 0 aliphatic carbocycles. The first-order valence-electron chi connectivity index (χ1n) is 6.08. The summed E-state index contributed by atoms with van der Waals surface area (Å²) in [5.41, 5.74) is 7.50. The lowest BCUT2D eigenvalue weighted by Gasteiger charge is -2.22. The highest BCUT2D eigenvalue weighted by molar-refractivity contribution is 9.10. The average molecular weight is 358 g/mol. The first kappa shape index (κ1) is 15.0. The van der Waals surface area contributed by atoms with Crippen molar-refractivity contribution in [3.05, 3.63) is 40.1 Å². The topological polar surface area (TPSA) is 51.8 Å². The van der Waals surface area contributed by atoms with Crippen molar-refractivity contribution in [2.24, 2.45) is 5.73 Å². The molecule has 1 heterocycles. The minimum atomic E-state index is 0.0907. The largest absolute Gasteiger partial charge is 0.326 e. The van der Waals surface area contributed by atoms with Crippen molar-refractivity contribution in [3.63, 3.8) is 0 Å². The van der Waals surface area contributed by atoms with Crippen LogP contribution in [-0.2, 0) is 0 Å². The fourth-order valence-electron chi connectivity index (χ4n) is 1.74. The zero-order valence-electron chi connectivity index (χ0n) is 10.8. The molecular formula is C13H16BrN3S2. The Morgan fingerprint density at radius 2 is 2.16 bits per heavy atom. The van der Waals surface area contributed by atoms with Gasteiger partial charge in [0.25, 0.3) is 0 Å². The molecule has 0 saturated carbocycles. The Balaban J connectivity index is 2.29. The Morgan fingerprint density at radius 1 is 1.42 bits per heavy atom. The molecule has 2 rings (SSSR count). The van der Waals surface area contributed by atoms with Gasteiger partial charge in [0.1, 0.15) is 5.82 Å². The minimum Gasteiger partial charge on any atom is -0.326 e. The molecule has 0 fully saturated rings. The second-order valence-electron chi connectivity index (χ2n) is 4.24. The quantitative estimate of drug-likeness (QED) is 0.815. The highest BCUT2D eigenvalue weighted by Gasteiger charge is 2.23. The first-order valence-corrected chi connectivity index (χ1v) is 8.53. The van der Waals surface area contributed by atoms with Gasteiger partial charge in [0, 0.05) is 10.5 Å². The molecular weight excluding hydrogens is 342 g/mol. The molecule has 2 N–H and O–H groups in total. The maximum atomic E-state index is 6.29. The van der Waals surface area contributed by atoms with Gasteiger partial charge in [0.05, 0.1) is 5.25 Å². The summed E-state index contributed by atoms with van der Waals surface area (Å²) in [7, 11) is 0. The fraction of sp³-hybridized carbons (Fsp3) is 0.385. The van der Waals surface area contributed by atoms with Crippen molar-refractivity contribution in [1.82, 2.24) is 9.36 Å². The summed E-state index contributed by atoms with van der Waals surface area (Å²) in [4.78, 5) is 4.42. The Morgan fingerprint density at radius 3 is 2.74 bits per heavy atom. The van der Waals surface area contributed by atoms with Gasteiger partial charge in [-0.05, 0) is 36.5 Å². The van der Waals surface area contributed by atoms with Crippen LogP contribution >= 0.6 is 39.2 Å². The van der Waals surface area contributed by atoms with Crippen molar-refractivity contribution in [3.8, 4) is 0 Å². The Kier molecular flexibility index (Phi) is 5.38. The number of halogens is 1. The normalized spacial score (nSPS) is 14.3. The van der Waals surface area contributed by atoms with Gasteiger partial charge in [-0.1, -0.05) is 52.8 Å². The summed E-state index contributed by atoms with van der Waals surface area (Å²) < 4.78 is 6.30. The third-order valence-electron chi connectivity index (χ3n) is 2.81. The summed E-state index contributed by atoms with van der Waals surface area (Å²) >= 11 is 6.75. The SMILES string of the molecule is CCC(N)C(Sc1nc(C)ns1)c1ccccc1Br. The van der Waals surface area contributed by atoms with Crippen molar-refractivity contribution in [1.29, 1.82) is 0 Å². The molecule has 2 unspecified atom stereocenters. The fourth-order valence-corrected chi connectivity index (χ4v) is 4.54. The molecule has 0 amide bonds. The van der Waals surface area contributed by atoms with Crippen molar-refractivity contribution in [2.45, 2.75) is 35.9 Å². The predicted molar refractivity (Wildman–Crippen MR) is 85.7 cm³/mol. The number of thioether (sulfide) groups is 1. The second-order valence-corrected chi connectivity index (χ2v) is 7.23. The lowest BCUT2D eigenvalue weighted by molar-refractivity contribution is 0.632. The lowest BCUT2D eigenvalue weighted by Crippen LogP contribution is -2.25. The summed E-state index contributed by atoms with van der Waals surface area (Å²) in [5.74, 6) is 0.823. The standard InChI is InChI=1S/C13H16BrN3S2/c1-3-11(15)12(9-6-4-5-7-10(9)14)18-13-16-8(2)17-19-13/h4-7,11-12H,3,15H2,1-2H3. The van der Waals surface area contributed by atoms with E-state index in [-0.39, 0.29) is 11.3 Å². The average Bonchev–Trinajstić information content (AvgIpc) is 2.82. The predicted octanol–water partition coefficient (Wildman–Crippen LogP) is 4.18. The highest BCUT2D eigenvalue weighted by atomic mass is 79.9. The molecule has 19 heavy (non-hydrogen) atoms. The number of nitrogens with zero attached hydrogens (tertiary/aromatic N) is 2. The van der Waals surface area contributed by atoms with Gasteiger partial charge in [-0.2, -0.15) is 4.37 Å². The van der Waals surface area contributed by atoms with Gasteiger partial charge in [-0.15, -0.1) is 0 Å². The highest BCUT2D eigenvalue weighted by Crippen LogP contribution is 2.41. The zero-order chi connectivity index (χ0) is 13.8. The van der Waals surface area contributed by atoms with Gasteiger partial charge < -0.3 is 5.73 Å². The number of rotatable bonds is 5. The van der Waals surface area contributed by atoms with E-state index in [0.717, 1.165) is 21.1 Å². The van der Waals surface area contributed by atoms with Gasteiger partial charge in [-0.25, -0.2) is 4.98 Å². The third-order valence-corrected chi connectivity index (χ3v) is 5.80. The van der Waals surface area contributed by atoms with Crippen LogP contribution in [0.4, 0.5) is 0 Å². The monoisotopic (exact) mass is 357 g/mol. The van der Waals surface area contributed by atoms with E-state index in [2.05, 4.69) is 44.3 Å². The van der Waals surface area contributed by atoms with E-state index in [4.69, 9.17) is 5.73 Å². The van der Waals surface area contributed by atoms with E-state index in [9.17, 15) is 0 Å². The molecule has 0 radical (unpaired) electrons. The van der Waals surface area contributed by atoms with Crippen LogP contribution in [0.3, 0.4) is 0 Å². The molecule has 2 atom stereocenters. The Hall–Kier alpha value is -0.430. The summed E-state index contributed by atoms with van der Waals surface area (Å²) in [6, 6.07) is 8.32. The molecule has 102 valence electrons. The van der Waals surface area contributed by atoms with E-state index < -0.39 is 0 Å². The summed E-state index contributed by atoms with van der Waals surface area (Å²) in [6.07, 6.45) is 0.927. The molecule has 1 aromatic heterocycles. The Labute approximate surface area is 130 Å². The smallest absolute Gasteiger partial charge is 0.170 e. The molecule has 0 spiro atoms. The van der Waals surface area contributed by atoms with Crippen molar-refractivity contribution >= 4 is 39.2 Å². The summed E-state index contributed by atoms with van der Waals surface area (Å²) in [5, 5.41) is 0.188. The van der Waals surface area contributed by atoms with E-state index in [1.54, 1.807) is 11.8 Å². The number of hydrogen-bond acceptors (Lipinski definition) is 5. The van der Waals surface area contributed by atoms with Crippen molar-refractivity contribution < 1.29 is 0 Å². The van der Waals surface area contributed by atoms with Crippen LogP contribution in [-0.4, -0.2) is 15.4 Å². The van der Waals surface area contributed by atoms with Crippen molar-refractivity contribution in [2.75, 3.05) is 0 Å². The molecule has 1 aromatic carbocycles. The second kappa shape index (κ2) is 6.83. The van der Waals surface area contributed by atoms with Crippen LogP contribution in [0.15, 0.2) is 33.1 Å². The molecule has 2 aromatic rings. The number of nitrogens with two attached hydrogens (primary N) is 1. The minimum absolute atomic E-state index is 0.0907. The first-order chi connectivity index (χ1) is 9.11. The maximum absolute atomic E-state index is 6.29. The number of hydrogen-bond donors (Lipinski definition) is 1. The number of aryl methyl sites for hydroxylation is 1. The van der Waals surface area contributed by atoms with Crippen LogP contribution in [0.1, 0.15) is 30.0 Å². The van der Waals surface area contributed by atoms with Gasteiger partial charge in [-0.3, -0.25) is 0 Å². The summed E-state index contributed by atoms with van der Waals surface area (Å²) in [6.45, 7) is 4.02. The third kappa shape index (κ3) is 3.78. The van der Waals surface area contributed by atoms with Gasteiger partial charge in [0.2, 0.25) is 0 Å². The molecule has 6 heteroatoms. The number of aromatic nitrogens is 2. The van der Waals surface area contributed by atoms with E-state index in [1.165, 1.54) is 17.1 Å². The van der Waals surface area contributed by atoms with E-state index in [1.807, 2.05) is 19.1 Å². The van der Waals surface area contributed by atoms with Crippen LogP contribution < -0.4 is 5.73 Å². The van der Waals surface area contributed by atoms with Crippen LogP contribution in [0.25, 0.3) is 0 Å². The zero-order valence-corrected chi connectivity index (χ0v) is 14.1. The van der Waals surface area contributed by atoms with E-state index in [0.29, 0.717) is 0 Å². The molecule has 0 aliphatic rings. The maximum Gasteiger partial charge on any atom is 0.170 e. The Bertz CT molecular complexity index is 544. The number of benzene rings is 1. The van der Waals surface area contributed by atoms with Crippen LogP contribution in [0.2, 0.25) is 0 Å². The van der Waals surface area contributed by atoms with Crippen LogP contribution in [0.5, 0.6) is 0 Å². The van der Waals surface area contributed by atoms with Gasteiger partial charge in [0.15, 0.2) is 4.34 Å². The molecule has 0 aliphatic heterocycles. The molecule has 3 nitrogen and oxygen atoms in total.